The van der Waals surface area contributed by atoms with Gasteiger partial charge in [0.15, 0.2) is 6.10 Å². The van der Waals surface area contributed by atoms with Crippen LogP contribution in [0.4, 0.5) is 0 Å². The summed E-state index contributed by atoms with van der Waals surface area (Å²) in [4.78, 5) is 48.7. The van der Waals surface area contributed by atoms with Gasteiger partial charge in [0.05, 0.1) is 19.8 Å². The molecule has 444 valence electrons. The number of hydrogen-bond acceptors (Lipinski definition) is 10. The van der Waals surface area contributed by atoms with Crippen LogP contribution in [0.1, 0.15) is 303 Å². The summed E-state index contributed by atoms with van der Waals surface area (Å²) in [6, 6.07) is 0. The minimum atomic E-state index is -4.75. The first kappa shape index (κ1) is 73.4. The Morgan fingerprint density at radius 2 is 0.645 bits per heavy atom. The Kier molecular flexibility index (Phi) is 56.6. The summed E-state index contributed by atoms with van der Waals surface area (Å²) in [5.74, 6) is -1.46. The number of phosphoric ester groups is 1. The Hall–Kier alpha value is -2.56. The topological polar surface area (TPSA) is 155 Å². The predicted molar refractivity (Wildman–Crippen MR) is 316 cm³/mol. The van der Waals surface area contributed by atoms with Crippen molar-refractivity contribution in [1.29, 1.82) is 0 Å². The van der Waals surface area contributed by atoms with Crippen molar-refractivity contribution in [3.8, 4) is 0 Å². The molecular weight excluding hydrogens is 976 g/mol. The number of aliphatic hydroxyl groups is 1. The lowest BCUT2D eigenvalue weighted by Gasteiger charge is -2.21. The van der Waals surface area contributed by atoms with Gasteiger partial charge in [0, 0.05) is 19.3 Å². The third kappa shape index (κ3) is 56.2. The van der Waals surface area contributed by atoms with Gasteiger partial charge in [-0.25, -0.2) is 4.57 Å². The maximum Gasteiger partial charge on any atom is 0.472 e. The van der Waals surface area contributed by atoms with Crippen molar-refractivity contribution in [3.63, 3.8) is 0 Å². The molecule has 0 aromatic carbocycles. The molecule has 0 saturated heterocycles. The van der Waals surface area contributed by atoms with Crippen LogP contribution in [0.2, 0.25) is 0 Å². The Bertz CT molecular complexity index is 1460. The number of rotatable bonds is 59. The molecule has 0 heterocycles. The summed E-state index contributed by atoms with van der Waals surface area (Å²) in [5, 5.41) is 9.83. The monoisotopic (exact) mass is 1090 g/mol. The van der Waals surface area contributed by atoms with E-state index in [0.29, 0.717) is 19.3 Å². The number of unbranched alkanes of at least 4 members (excludes halogenated alkanes) is 34. The highest BCUT2D eigenvalue weighted by Crippen LogP contribution is 2.43. The van der Waals surface area contributed by atoms with Gasteiger partial charge >= 0.3 is 25.7 Å². The lowest BCUT2D eigenvalue weighted by Crippen LogP contribution is -2.30. The van der Waals surface area contributed by atoms with E-state index in [0.717, 1.165) is 83.5 Å². The van der Waals surface area contributed by atoms with Gasteiger partial charge in [0.2, 0.25) is 0 Å². The first-order chi connectivity index (χ1) is 37.2. The van der Waals surface area contributed by atoms with Crippen molar-refractivity contribution in [2.45, 2.75) is 315 Å². The zero-order valence-corrected chi connectivity index (χ0v) is 50.1. The maximum atomic E-state index is 12.9. The summed E-state index contributed by atoms with van der Waals surface area (Å²) in [7, 11) is -4.75. The number of phosphoric acid groups is 1. The second-order valence-electron chi connectivity index (χ2n) is 21.2. The van der Waals surface area contributed by atoms with Crippen LogP contribution in [0.3, 0.4) is 0 Å². The molecule has 3 atom stereocenters. The molecule has 0 aromatic heterocycles. The van der Waals surface area contributed by atoms with Crippen LogP contribution >= 0.6 is 7.82 Å². The number of hydrogen-bond donors (Lipinski definition) is 2. The van der Waals surface area contributed by atoms with E-state index in [1.165, 1.54) is 161 Å². The van der Waals surface area contributed by atoms with Crippen molar-refractivity contribution < 1.29 is 52.2 Å². The fraction of sp³-hybridized carbons (Fsp3) is 0.828. The van der Waals surface area contributed by atoms with E-state index in [9.17, 15) is 28.9 Å². The van der Waals surface area contributed by atoms with E-state index in [2.05, 4.69) is 69.4 Å². The number of carbonyl (C=O) groups excluding carboxylic acids is 3. The predicted octanol–water partition coefficient (Wildman–Crippen LogP) is 18.9. The fourth-order valence-corrected chi connectivity index (χ4v) is 9.67. The van der Waals surface area contributed by atoms with Crippen LogP contribution in [-0.2, 0) is 42.2 Å². The third-order valence-electron chi connectivity index (χ3n) is 13.7. The average molecular weight is 1090 g/mol. The number of esters is 3. The minimum absolute atomic E-state index is 0.163. The molecule has 76 heavy (non-hydrogen) atoms. The largest absolute Gasteiger partial charge is 0.472 e. The van der Waals surface area contributed by atoms with Gasteiger partial charge in [-0.1, -0.05) is 249 Å². The van der Waals surface area contributed by atoms with Crippen LogP contribution in [0, 0.1) is 0 Å². The molecule has 0 aliphatic heterocycles. The Balaban J connectivity index is 4.70. The zero-order valence-electron chi connectivity index (χ0n) is 49.2. The number of aliphatic hydroxyl groups excluding tert-OH is 1. The first-order valence-electron chi connectivity index (χ1n) is 31.5. The molecule has 11 nitrogen and oxygen atoms in total. The van der Waals surface area contributed by atoms with Gasteiger partial charge in [-0.3, -0.25) is 23.4 Å². The normalized spacial score (nSPS) is 13.6. The first-order valence-corrected chi connectivity index (χ1v) is 33.0. The summed E-state index contributed by atoms with van der Waals surface area (Å²) in [5.41, 5.74) is 0. The molecule has 0 amide bonds. The number of carbonyl (C=O) groups is 3. The standard InChI is InChI=1S/C64H117O11P/c1-4-7-10-13-16-19-22-25-27-29-30-32-34-37-40-43-46-49-52-55-64(68)75-61(57-71-62(66)53-50-47-44-41-38-36-33-31-28-26-23-20-17-14-11-8-5-2)59-73-76(69,70)72-58-60(56-65)74-63(67)54-51-48-45-42-39-35-24-21-18-15-12-9-6-3/h16-17,19-20,25-28,60-61,65H,4-15,18,21-24,29-59H2,1-3H3,(H,69,70)/b19-16-,20-17-,27-25-,28-26-. The Labute approximate surface area is 466 Å². The van der Waals surface area contributed by atoms with Crippen LogP contribution in [0.25, 0.3) is 0 Å². The van der Waals surface area contributed by atoms with Crippen LogP contribution in [0.5, 0.6) is 0 Å². The smallest absolute Gasteiger partial charge is 0.462 e. The van der Waals surface area contributed by atoms with Crippen LogP contribution in [0.15, 0.2) is 48.6 Å². The molecule has 0 aromatic rings. The highest BCUT2D eigenvalue weighted by molar-refractivity contribution is 7.47. The van der Waals surface area contributed by atoms with Crippen molar-refractivity contribution in [2.24, 2.45) is 0 Å². The second-order valence-corrected chi connectivity index (χ2v) is 22.7. The maximum absolute atomic E-state index is 12.9. The molecular formula is C64H117O11P. The van der Waals surface area contributed by atoms with Crippen LogP contribution in [-0.4, -0.2) is 66.5 Å². The zero-order chi connectivity index (χ0) is 55.5. The van der Waals surface area contributed by atoms with Crippen LogP contribution < -0.4 is 0 Å². The van der Waals surface area contributed by atoms with E-state index in [1.54, 1.807) is 0 Å². The second kappa shape index (κ2) is 58.6. The quantitative estimate of drug-likeness (QED) is 0.0197. The lowest BCUT2D eigenvalue weighted by molar-refractivity contribution is -0.161. The summed E-state index contributed by atoms with van der Waals surface area (Å²) in [6.07, 6.45) is 63.4. The van der Waals surface area contributed by atoms with Gasteiger partial charge in [-0.15, -0.1) is 0 Å². The summed E-state index contributed by atoms with van der Waals surface area (Å²) >= 11 is 0. The Morgan fingerprint density at radius 3 is 1.00 bits per heavy atom. The molecule has 0 bridgehead atoms. The molecule has 0 spiro atoms. The van der Waals surface area contributed by atoms with E-state index >= 15 is 0 Å². The van der Waals surface area contributed by atoms with Gasteiger partial charge in [-0.2, -0.15) is 0 Å². The van der Waals surface area contributed by atoms with Gasteiger partial charge in [-0.05, 0) is 83.5 Å². The van der Waals surface area contributed by atoms with E-state index in [4.69, 9.17) is 23.3 Å². The highest BCUT2D eigenvalue weighted by atomic mass is 31.2. The summed E-state index contributed by atoms with van der Waals surface area (Å²) < 4.78 is 39.6. The third-order valence-corrected chi connectivity index (χ3v) is 14.7. The lowest BCUT2D eigenvalue weighted by atomic mass is 10.0. The van der Waals surface area contributed by atoms with E-state index in [-0.39, 0.29) is 25.9 Å². The Morgan fingerprint density at radius 1 is 0.368 bits per heavy atom. The SMILES string of the molecule is CCCCC/C=C\C/C=C\CCCCCCCCCCCC(=O)OC(COC(=O)CCCCCCCCC/C=C\C/C=C\CCCCC)COP(=O)(O)OCC(CO)OC(=O)CCCCCCCCCCCCCCC. The van der Waals surface area contributed by atoms with Crippen molar-refractivity contribution in [3.05, 3.63) is 48.6 Å². The minimum Gasteiger partial charge on any atom is -0.462 e. The van der Waals surface area contributed by atoms with Crippen molar-refractivity contribution in [2.75, 3.05) is 26.4 Å². The van der Waals surface area contributed by atoms with E-state index in [1.807, 2.05) is 0 Å². The number of ether oxygens (including phenoxy) is 3. The molecule has 0 aliphatic carbocycles. The molecule has 0 radical (unpaired) electrons. The van der Waals surface area contributed by atoms with Gasteiger partial charge in [0.1, 0.15) is 12.7 Å². The fourth-order valence-electron chi connectivity index (χ4n) is 8.89. The van der Waals surface area contributed by atoms with Crippen molar-refractivity contribution in [1.82, 2.24) is 0 Å². The van der Waals surface area contributed by atoms with Gasteiger partial charge < -0.3 is 24.2 Å². The molecule has 0 rings (SSSR count). The van der Waals surface area contributed by atoms with Crippen molar-refractivity contribution >= 4 is 25.7 Å². The highest BCUT2D eigenvalue weighted by Gasteiger charge is 2.28. The molecule has 0 fully saturated rings. The molecule has 3 unspecified atom stereocenters. The molecule has 0 aliphatic rings. The summed E-state index contributed by atoms with van der Waals surface area (Å²) in [6.45, 7) is 4.63. The molecule has 12 heteroatoms. The average Bonchev–Trinajstić information content (AvgIpc) is 3.41. The van der Waals surface area contributed by atoms with Gasteiger partial charge in [0.25, 0.3) is 0 Å². The molecule has 0 saturated carbocycles. The number of allylic oxidation sites excluding steroid dienone is 8. The van der Waals surface area contributed by atoms with E-state index < -0.39 is 57.8 Å². The molecule has 2 N–H and O–H groups in total.